The Bertz CT molecular complexity index is 838. The zero-order valence-corrected chi connectivity index (χ0v) is 15.5. The number of benzene rings is 1. The molecule has 0 unspecified atom stereocenters. The average molecular weight is 377 g/mol. The van der Waals surface area contributed by atoms with Crippen molar-refractivity contribution in [3.05, 3.63) is 36.5 Å². The van der Waals surface area contributed by atoms with Gasteiger partial charge in [0.2, 0.25) is 0 Å². The molecule has 3 rings (SSSR count). The number of nitrogens with one attached hydrogen (secondary N) is 2. The lowest BCUT2D eigenvalue weighted by Gasteiger charge is -2.19. The Balaban J connectivity index is 1.65. The van der Waals surface area contributed by atoms with E-state index in [-0.39, 0.29) is 10.7 Å². The van der Waals surface area contributed by atoms with Crippen molar-refractivity contribution in [1.82, 2.24) is 4.98 Å². The molecule has 2 N–H and O–H groups in total. The highest BCUT2D eigenvalue weighted by Crippen LogP contribution is 2.32. The molecule has 26 heavy (non-hydrogen) atoms. The van der Waals surface area contributed by atoms with Crippen LogP contribution in [0.1, 0.15) is 26.2 Å². The topological polar surface area (TPSA) is 89.5 Å². The molecule has 0 radical (unpaired) electrons. The maximum absolute atomic E-state index is 12.6. The Morgan fingerprint density at radius 3 is 2.62 bits per heavy atom. The van der Waals surface area contributed by atoms with Crippen molar-refractivity contribution in [3.63, 3.8) is 0 Å². The Labute approximate surface area is 153 Å². The number of sulfonamides is 1. The summed E-state index contributed by atoms with van der Waals surface area (Å²) in [4.78, 5) is 4.27. The average Bonchev–Trinajstić information content (AvgIpc) is 2.66. The minimum absolute atomic E-state index is 0.102. The first-order valence-corrected chi connectivity index (χ1v) is 10.2. The monoisotopic (exact) mass is 377 g/mol. The van der Waals surface area contributed by atoms with Gasteiger partial charge in [0.15, 0.2) is 11.5 Å². The predicted molar refractivity (Wildman–Crippen MR) is 100 cm³/mol. The first-order chi connectivity index (χ1) is 12.6. The lowest BCUT2D eigenvalue weighted by molar-refractivity contribution is 0.171. The maximum Gasteiger partial charge on any atom is 0.263 e. The summed E-state index contributed by atoms with van der Waals surface area (Å²) in [6.07, 6.45) is 5.05. The van der Waals surface area contributed by atoms with Gasteiger partial charge in [-0.1, -0.05) is 19.8 Å². The standard InChI is InChI=1S/C18H23N3O4S/c1-2-3-4-9-19-14-5-8-18(20-13-14)21-26(22,23)15-6-7-16-17(12-15)25-11-10-24-16/h5-8,12-13,19H,2-4,9-11H2,1H3,(H,20,21). The fourth-order valence-corrected chi connectivity index (χ4v) is 3.58. The minimum Gasteiger partial charge on any atom is -0.486 e. The number of ether oxygens (including phenoxy) is 2. The van der Waals surface area contributed by atoms with Gasteiger partial charge in [0, 0.05) is 12.6 Å². The van der Waals surface area contributed by atoms with Crippen molar-refractivity contribution >= 4 is 21.5 Å². The van der Waals surface area contributed by atoms with Crippen molar-refractivity contribution in [1.29, 1.82) is 0 Å². The van der Waals surface area contributed by atoms with E-state index in [1.54, 1.807) is 24.4 Å². The van der Waals surface area contributed by atoms with E-state index < -0.39 is 10.0 Å². The van der Waals surface area contributed by atoms with Gasteiger partial charge in [-0.05, 0) is 30.7 Å². The summed E-state index contributed by atoms with van der Waals surface area (Å²) >= 11 is 0. The summed E-state index contributed by atoms with van der Waals surface area (Å²) in [6, 6.07) is 7.98. The van der Waals surface area contributed by atoms with E-state index in [2.05, 4.69) is 21.9 Å². The largest absolute Gasteiger partial charge is 0.486 e. The summed E-state index contributed by atoms with van der Waals surface area (Å²) in [5, 5.41) is 3.27. The van der Waals surface area contributed by atoms with Crippen LogP contribution >= 0.6 is 0 Å². The highest BCUT2D eigenvalue weighted by Gasteiger charge is 2.19. The quantitative estimate of drug-likeness (QED) is 0.687. The van der Waals surface area contributed by atoms with Crippen LogP contribution < -0.4 is 19.5 Å². The van der Waals surface area contributed by atoms with Crippen molar-refractivity contribution in [2.24, 2.45) is 0 Å². The lowest BCUT2D eigenvalue weighted by Crippen LogP contribution is -2.17. The van der Waals surface area contributed by atoms with Gasteiger partial charge in [0.05, 0.1) is 16.8 Å². The molecule has 2 heterocycles. The van der Waals surface area contributed by atoms with Gasteiger partial charge in [-0.15, -0.1) is 0 Å². The summed E-state index contributed by atoms with van der Waals surface area (Å²) in [7, 11) is -3.75. The Hall–Kier alpha value is -2.48. The van der Waals surface area contributed by atoms with E-state index in [1.165, 1.54) is 25.0 Å². The molecule has 7 nitrogen and oxygen atoms in total. The second kappa shape index (κ2) is 8.27. The molecular weight excluding hydrogens is 354 g/mol. The van der Waals surface area contributed by atoms with Crippen LogP contribution in [0.15, 0.2) is 41.4 Å². The minimum atomic E-state index is -3.75. The summed E-state index contributed by atoms with van der Waals surface area (Å²) < 4.78 is 38.4. The van der Waals surface area contributed by atoms with Gasteiger partial charge < -0.3 is 14.8 Å². The maximum atomic E-state index is 12.6. The number of nitrogens with zero attached hydrogens (tertiary/aromatic N) is 1. The second-order valence-electron chi connectivity index (χ2n) is 5.98. The van der Waals surface area contributed by atoms with Gasteiger partial charge >= 0.3 is 0 Å². The molecule has 1 aromatic heterocycles. The van der Waals surface area contributed by atoms with Crippen LogP contribution in [0.4, 0.5) is 11.5 Å². The number of unbranched alkanes of at least 4 members (excludes halogenated alkanes) is 2. The van der Waals surface area contributed by atoms with Crippen LogP contribution in [0.3, 0.4) is 0 Å². The number of anilines is 2. The molecular formula is C18H23N3O4S. The number of hydrogen-bond acceptors (Lipinski definition) is 6. The van der Waals surface area contributed by atoms with Gasteiger partial charge in [-0.25, -0.2) is 13.4 Å². The molecule has 1 aliphatic rings. The number of hydrogen-bond donors (Lipinski definition) is 2. The smallest absolute Gasteiger partial charge is 0.263 e. The van der Waals surface area contributed by atoms with E-state index in [4.69, 9.17) is 9.47 Å². The van der Waals surface area contributed by atoms with Crippen LogP contribution in [0, 0.1) is 0 Å². The van der Waals surface area contributed by atoms with Gasteiger partial charge in [-0.3, -0.25) is 4.72 Å². The van der Waals surface area contributed by atoms with Crippen molar-refractivity contribution in [3.8, 4) is 11.5 Å². The molecule has 1 aliphatic heterocycles. The highest BCUT2D eigenvalue weighted by molar-refractivity contribution is 7.92. The third kappa shape index (κ3) is 4.57. The third-order valence-corrected chi connectivity index (χ3v) is 5.29. The van der Waals surface area contributed by atoms with Crippen LogP contribution in [0.25, 0.3) is 0 Å². The molecule has 0 amide bonds. The number of pyridine rings is 1. The molecule has 0 aliphatic carbocycles. The van der Waals surface area contributed by atoms with E-state index in [0.717, 1.165) is 18.7 Å². The van der Waals surface area contributed by atoms with Crippen molar-refractivity contribution < 1.29 is 17.9 Å². The zero-order chi connectivity index (χ0) is 18.4. The number of rotatable bonds is 8. The first kappa shape index (κ1) is 18.3. The van der Waals surface area contributed by atoms with E-state index in [9.17, 15) is 8.42 Å². The third-order valence-electron chi connectivity index (χ3n) is 3.94. The highest BCUT2D eigenvalue weighted by atomic mass is 32.2. The Morgan fingerprint density at radius 1 is 1.08 bits per heavy atom. The van der Waals surface area contributed by atoms with E-state index in [1.807, 2.05) is 0 Å². The fraction of sp³-hybridized carbons (Fsp3) is 0.389. The number of fused-ring (bicyclic) bond motifs is 1. The number of aromatic nitrogens is 1. The molecule has 2 aromatic rings. The van der Waals surface area contributed by atoms with Crippen molar-refractivity contribution in [2.75, 3.05) is 29.8 Å². The van der Waals surface area contributed by atoms with Crippen LogP contribution in [-0.2, 0) is 10.0 Å². The molecule has 0 bridgehead atoms. The lowest BCUT2D eigenvalue weighted by atomic mass is 10.2. The molecule has 0 fully saturated rings. The predicted octanol–water partition coefficient (Wildman–Crippen LogP) is 3.26. The van der Waals surface area contributed by atoms with Crippen LogP contribution in [0.5, 0.6) is 11.5 Å². The summed E-state index contributed by atoms with van der Waals surface area (Å²) in [5.41, 5.74) is 0.864. The second-order valence-corrected chi connectivity index (χ2v) is 7.66. The van der Waals surface area contributed by atoms with E-state index >= 15 is 0 Å². The Kier molecular flexibility index (Phi) is 5.82. The van der Waals surface area contributed by atoms with Crippen LogP contribution in [0.2, 0.25) is 0 Å². The molecule has 0 saturated carbocycles. The molecule has 0 saturated heterocycles. The molecule has 140 valence electrons. The normalized spacial score (nSPS) is 13.3. The SMILES string of the molecule is CCCCCNc1ccc(NS(=O)(=O)c2ccc3c(c2)OCCO3)nc1. The van der Waals surface area contributed by atoms with Crippen LogP contribution in [-0.4, -0.2) is 33.2 Å². The Morgan fingerprint density at radius 2 is 1.88 bits per heavy atom. The summed E-state index contributed by atoms with van der Waals surface area (Å²) in [6.45, 7) is 3.89. The van der Waals surface area contributed by atoms with Gasteiger partial charge in [0.25, 0.3) is 10.0 Å². The van der Waals surface area contributed by atoms with Gasteiger partial charge in [0.1, 0.15) is 19.0 Å². The molecule has 8 heteroatoms. The molecule has 0 atom stereocenters. The first-order valence-electron chi connectivity index (χ1n) is 8.71. The summed E-state index contributed by atoms with van der Waals surface area (Å²) in [5.74, 6) is 1.24. The van der Waals surface area contributed by atoms with Crippen molar-refractivity contribution in [2.45, 2.75) is 31.1 Å². The zero-order valence-electron chi connectivity index (χ0n) is 14.7. The fourth-order valence-electron chi connectivity index (χ4n) is 2.55. The molecule has 0 spiro atoms. The van der Waals surface area contributed by atoms with Gasteiger partial charge in [-0.2, -0.15) is 0 Å². The molecule has 1 aromatic carbocycles. The van der Waals surface area contributed by atoms with E-state index in [0.29, 0.717) is 24.7 Å².